The molecule has 1 aromatic rings. The number of esters is 1. The van der Waals surface area contributed by atoms with Gasteiger partial charge >= 0.3 is 5.97 Å². The molecule has 1 heterocycles. The van der Waals surface area contributed by atoms with Crippen LogP contribution in [0.15, 0.2) is 12.1 Å². The van der Waals surface area contributed by atoms with Gasteiger partial charge in [-0.1, -0.05) is 0 Å². The minimum Gasteiger partial charge on any atom is -0.466 e. The lowest BCUT2D eigenvalue weighted by molar-refractivity contribution is -0.385. The van der Waals surface area contributed by atoms with Crippen molar-refractivity contribution < 1.29 is 14.5 Å². The van der Waals surface area contributed by atoms with Crippen molar-refractivity contribution in [1.82, 2.24) is 4.98 Å². The number of anilines is 1. The molecule has 0 saturated carbocycles. The SMILES string of the molecule is CCOC(=O)CCN(C)c1ccc([N+](=O)[O-])c(C)n1. The first-order valence-corrected chi connectivity index (χ1v) is 5.94. The van der Waals surface area contributed by atoms with Gasteiger partial charge in [-0.25, -0.2) is 4.98 Å². The zero-order valence-corrected chi connectivity index (χ0v) is 11.3. The van der Waals surface area contributed by atoms with E-state index in [2.05, 4.69) is 4.98 Å². The molecule has 1 aromatic heterocycles. The molecular formula is C12H17N3O4. The van der Waals surface area contributed by atoms with Crippen molar-refractivity contribution in [3.8, 4) is 0 Å². The van der Waals surface area contributed by atoms with Crippen molar-refractivity contribution in [3.05, 3.63) is 27.9 Å². The van der Waals surface area contributed by atoms with Crippen LogP contribution in [-0.2, 0) is 9.53 Å². The van der Waals surface area contributed by atoms with Crippen LogP contribution in [0.25, 0.3) is 0 Å². The second-order valence-electron chi connectivity index (χ2n) is 4.01. The summed E-state index contributed by atoms with van der Waals surface area (Å²) in [6, 6.07) is 2.98. The van der Waals surface area contributed by atoms with Crippen LogP contribution in [0.3, 0.4) is 0 Å². The minimum atomic E-state index is -0.468. The Bertz CT molecular complexity index is 476. The van der Waals surface area contributed by atoms with Crippen LogP contribution in [0.1, 0.15) is 19.0 Å². The van der Waals surface area contributed by atoms with Gasteiger partial charge in [0.05, 0.1) is 18.0 Å². The standard InChI is InChI=1S/C12H17N3O4/c1-4-19-12(16)7-8-14(3)11-6-5-10(15(17)18)9(2)13-11/h5-6H,4,7-8H2,1-3H3. The summed E-state index contributed by atoms with van der Waals surface area (Å²) in [6.45, 7) is 4.14. The highest BCUT2D eigenvalue weighted by molar-refractivity contribution is 5.70. The van der Waals surface area contributed by atoms with Crippen molar-refractivity contribution in [2.45, 2.75) is 20.3 Å². The predicted molar refractivity (Wildman–Crippen MR) is 70.1 cm³/mol. The third-order valence-corrected chi connectivity index (χ3v) is 2.59. The lowest BCUT2D eigenvalue weighted by Crippen LogP contribution is -2.23. The number of rotatable bonds is 6. The summed E-state index contributed by atoms with van der Waals surface area (Å²) in [6.07, 6.45) is 0.252. The Morgan fingerprint density at radius 3 is 2.74 bits per heavy atom. The van der Waals surface area contributed by atoms with Crippen LogP contribution in [-0.4, -0.2) is 36.1 Å². The molecule has 0 saturated heterocycles. The average molecular weight is 267 g/mol. The largest absolute Gasteiger partial charge is 0.466 e. The van der Waals surface area contributed by atoms with E-state index in [-0.39, 0.29) is 18.1 Å². The number of aryl methyl sites for hydroxylation is 1. The fourth-order valence-electron chi connectivity index (χ4n) is 1.55. The van der Waals surface area contributed by atoms with E-state index in [1.54, 1.807) is 31.9 Å². The maximum absolute atomic E-state index is 11.2. The molecule has 0 N–H and O–H groups in total. The van der Waals surface area contributed by atoms with Gasteiger partial charge in [0.15, 0.2) is 0 Å². The summed E-state index contributed by atoms with van der Waals surface area (Å²) in [5, 5.41) is 10.7. The van der Waals surface area contributed by atoms with Gasteiger partial charge in [-0.3, -0.25) is 14.9 Å². The number of hydrogen-bond acceptors (Lipinski definition) is 6. The molecule has 0 aliphatic rings. The lowest BCUT2D eigenvalue weighted by atomic mass is 10.3. The first-order valence-electron chi connectivity index (χ1n) is 5.94. The topological polar surface area (TPSA) is 85.6 Å². The van der Waals surface area contributed by atoms with Crippen molar-refractivity contribution in [3.63, 3.8) is 0 Å². The van der Waals surface area contributed by atoms with E-state index in [1.807, 2.05) is 0 Å². The molecule has 19 heavy (non-hydrogen) atoms. The molecular weight excluding hydrogens is 250 g/mol. The van der Waals surface area contributed by atoms with E-state index < -0.39 is 4.92 Å². The van der Waals surface area contributed by atoms with Crippen LogP contribution < -0.4 is 4.90 Å². The Balaban J connectivity index is 2.67. The Hall–Kier alpha value is -2.18. The monoisotopic (exact) mass is 267 g/mol. The molecule has 0 aliphatic heterocycles. The summed E-state index contributed by atoms with van der Waals surface area (Å²) in [5.74, 6) is 0.320. The molecule has 104 valence electrons. The number of nitrogens with zero attached hydrogens (tertiary/aromatic N) is 3. The number of carbonyl (C=O) groups excluding carboxylic acids is 1. The molecule has 0 fully saturated rings. The molecule has 0 aliphatic carbocycles. The van der Waals surface area contributed by atoms with Crippen molar-refractivity contribution in [1.29, 1.82) is 0 Å². The van der Waals surface area contributed by atoms with Gasteiger partial charge in [0, 0.05) is 19.7 Å². The smallest absolute Gasteiger partial charge is 0.307 e. The van der Waals surface area contributed by atoms with Gasteiger partial charge in [0.25, 0.3) is 5.69 Å². The maximum atomic E-state index is 11.2. The first-order chi connectivity index (χ1) is 8.95. The third kappa shape index (κ3) is 4.20. The number of pyridine rings is 1. The highest BCUT2D eigenvalue weighted by Crippen LogP contribution is 2.19. The molecule has 0 unspecified atom stereocenters. The number of carbonyl (C=O) groups is 1. The number of hydrogen-bond donors (Lipinski definition) is 0. The fraction of sp³-hybridized carbons (Fsp3) is 0.500. The minimum absolute atomic E-state index is 0.0115. The molecule has 0 spiro atoms. The Labute approximate surface area is 111 Å². The van der Waals surface area contributed by atoms with Crippen molar-refractivity contribution in [2.75, 3.05) is 25.1 Å². The van der Waals surface area contributed by atoms with Gasteiger partial charge in [-0.15, -0.1) is 0 Å². The van der Waals surface area contributed by atoms with Gasteiger partial charge in [0.2, 0.25) is 0 Å². The third-order valence-electron chi connectivity index (χ3n) is 2.59. The van der Waals surface area contributed by atoms with Crippen LogP contribution >= 0.6 is 0 Å². The molecule has 0 amide bonds. The van der Waals surface area contributed by atoms with Crippen LogP contribution in [0, 0.1) is 17.0 Å². The maximum Gasteiger partial charge on any atom is 0.307 e. The van der Waals surface area contributed by atoms with E-state index in [4.69, 9.17) is 4.74 Å². The van der Waals surface area contributed by atoms with E-state index in [9.17, 15) is 14.9 Å². The van der Waals surface area contributed by atoms with Crippen LogP contribution in [0.5, 0.6) is 0 Å². The normalized spacial score (nSPS) is 10.1. The van der Waals surface area contributed by atoms with Crippen LogP contribution in [0.2, 0.25) is 0 Å². The van der Waals surface area contributed by atoms with E-state index in [0.717, 1.165) is 0 Å². The second-order valence-corrected chi connectivity index (χ2v) is 4.01. The van der Waals surface area contributed by atoms with E-state index in [1.165, 1.54) is 6.07 Å². The molecule has 1 rings (SSSR count). The second kappa shape index (κ2) is 6.67. The number of nitro groups is 1. The van der Waals surface area contributed by atoms with Crippen molar-refractivity contribution in [2.24, 2.45) is 0 Å². The Morgan fingerprint density at radius 2 is 2.21 bits per heavy atom. The summed E-state index contributed by atoms with van der Waals surface area (Å²) >= 11 is 0. The molecule has 7 nitrogen and oxygen atoms in total. The van der Waals surface area contributed by atoms with Gasteiger partial charge in [-0.2, -0.15) is 0 Å². The predicted octanol–water partition coefficient (Wildman–Crippen LogP) is 1.69. The lowest BCUT2D eigenvalue weighted by Gasteiger charge is -2.17. The highest BCUT2D eigenvalue weighted by atomic mass is 16.6. The summed E-state index contributed by atoms with van der Waals surface area (Å²) in [5.41, 5.74) is 0.341. The summed E-state index contributed by atoms with van der Waals surface area (Å²) in [4.78, 5) is 27.4. The molecule has 0 aromatic carbocycles. The number of ether oxygens (including phenoxy) is 1. The molecule has 7 heteroatoms. The van der Waals surface area contributed by atoms with Crippen molar-refractivity contribution >= 4 is 17.5 Å². The summed E-state index contributed by atoms with van der Waals surface area (Å²) < 4.78 is 4.83. The quantitative estimate of drug-likeness (QED) is 0.443. The Kier molecular flexibility index (Phi) is 5.23. The van der Waals surface area contributed by atoms with E-state index in [0.29, 0.717) is 24.7 Å². The van der Waals surface area contributed by atoms with Gasteiger partial charge in [-0.05, 0) is 19.9 Å². The van der Waals surface area contributed by atoms with Gasteiger partial charge < -0.3 is 9.64 Å². The Morgan fingerprint density at radius 1 is 1.53 bits per heavy atom. The number of aromatic nitrogens is 1. The zero-order valence-electron chi connectivity index (χ0n) is 11.3. The fourth-order valence-corrected chi connectivity index (χ4v) is 1.55. The highest BCUT2D eigenvalue weighted by Gasteiger charge is 2.14. The summed E-state index contributed by atoms with van der Waals surface area (Å²) in [7, 11) is 1.77. The average Bonchev–Trinajstić information content (AvgIpc) is 2.35. The molecule has 0 bridgehead atoms. The zero-order chi connectivity index (χ0) is 14.4. The molecule has 0 radical (unpaired) electrons. The van der Waals surface area contributed by atoms with Crippen LogP contribution in [0.4, 0.5) is 11.5 Å². The molecule has 0 atom stereocenters. The van der Waals surface area contributed by atoms with Gasteiger partial charge in [0.1, 0.15) is 11.5 Å². The first kappa shape index (κ1) is 14.9. The van der Waals surface area contributed by atoms with E-state index >= 15 is 0 Å².